The molecule has 0 aliphatic carbocycles. The molecule has 24 heavy (non-hydrogen) atoms. The molecule has 0 unspecified atom stereocenters. The smallest absolute Gasteiger partial charge is 0.0898 e. The Hall–Kier alpha value is -1.69. The SMILES string of the molecule is C[C@@H](OC[C@@H](O)CNCc1cn[nH]c1C(C)(C)C)c1ccccc1. The molecule has 0 saturated heterocycles. The highest BCUT2D eigenvalue weighted by molar-refractivity contribution is 5.23. The summed E-state index contributed by atoms with van der Waals surface area (Å²) in [6.07, 6.45) is 1.27. The number of aliphatic hydroxyl groups is 1. The van der Waals surface area contributed by atoms with Crippen LogP contribution in [-0.4, -0.2) is 34.6 Å². The van der Waals surface area contributed by atoms with Crippen LogP contribution in [0.2, 0.25) is 0 Å². The Kier molecular flexibility index (Phi) is 6.54. The van der Waals surface area contributed by atoms with Gasteiger partial charge in [0.15, 0.2) is 0 Å². The first-order valence-corrected chi connectivity index (χ1v) is 8.46. The number of nitrogens with one attached hydrogen (secondary N) is 2. The number of aromatic nitrogens is 2. The van der Waals surface area contributed by atoms with Gasteiger partial charge in [0.1, 0.15) is 0 Å². The van der Waals surface area contributed by atoms with Gasteiger partial charge in [-0.15, -0.1) is 0 Å². The van der Waals surface area contributed by atoms with Crippen LogP contribution in [-0.2, 0) is 16.7 Å². The Morgan fingerprint density at radius 3 is 2.62 bits per heavy atom. The molecule has 0 fully saturated rings. The van der Waals surface area contributed by atoms with Crippen molar-refractivity contribution in [3.05, 3.63) is 53.3 Å². The molecular weight excluding hydrogens is 302 g/mol. The average Bonchev–Trinajstić information content (AvgIpc) is 3.02. The van der Waals surface area contributed by atoms with Crippen LogP contribution in [0.5, 0.6) is 0 Å². The number of aliphatic hydroxyl groups excluding tert-OH is 1. The number of hydrogen-bond acceptors (Lipinski definition) is 4. The number of aromatic amines is 1. The second kappa shape index (κ2) is 8.42. The summed E-state index contributed by atoms with van der Waals surface area (Å²) >= 11 is 0. The maximum absolute atomic E-state index is 10.1. The fourth-order valence-electron chi connectivity index (χ4n) is 2.60. The number of benzene rings is 1. The van der Waals surface area contributed by atoms with Gasteiger partial charge in [0.25, 0.3) is 0 Å². The number of H-pyrrole nitrogens is 1. The van der Waals surface area contributed by atoms with Gasteiger partial charge in [0, 0.05) is 29.8 Å². The maximum Gasteiger partial charge on any atom is 0.0898 e. The van der Waals surface area contributed by atoms with E-state index in [4.69, 9.17) is 4.74 Å². The Morgan fingerprint density at radius 2 is 1.96 bits per heavy atom. The van der Waals surface area contributed by atoms with Crippen LogP contribution in [0, 0.1) is 0 Å². The highest BCUT2D eigenvalue weighted by Crippen LogP contribution is 2.23. The second-order valence-corrected chi connectivity index (χ2v) is 7.19. The van der Waals surface area contributed by atoms with Gasteiger partial charge in [0.2, 0.25) is 0 Å². The van der Waals surface area contributed by atoms with Crippen LogP contribution in [0.15, 0.2) is 36.5 Å². The van der Waals surface area contributed by atoms with E-state index in [0.29, 0.717) is 19.7 Å². The van der Waals surface area contributed by atoms with Crippen molar-refractivity contribution in [3.8, 4) is 0 Å². The van der Waals surface area contributed by atoms with Gasteiger partial charge < -0.3 is 15.2 Å². The molecule has 0 radical (unpaired) electrons. The number of ether oxygens (including phenoxy) is 1. The predicted molar refractivity (Wildman–Crippen MR) is 95.8 cm³/mol. The highest BCUT2D eigenvalue weighted by Gasteiger charge is 2.19. The van der Waals surface area contributed by atoms with Crippen molar-refractivity contribution in [2.75, 3.05) is 13.2 Å². The van der Waals surface area contributed by atoms with Crippen LogP contribution in [0.4, 0.5) is 0 Å². The first-order valence-electron chi connectivity index (χ1n) is 8.46. The molecule has 2 atom stereocenters. The van der Waals surface area contributed by atoms with Gasteiger partial charge in [-0.2, -0.15) is 5.10 Å². The summed E-state index contributed by atoms with van der Waals surface area (Å²) in [5, 5.41) is 20.6. The first-order chi connectivity index (χ1) is 11.4. The normalized spacial score (nSPS) is 14.5. The van der Waals surface area contributed by atoms with Crippen LogP contribution in [0.3, 0.4) is 0 Å². The lowest BCUT2D eigenvalue weighted by molar-refractivity contribution is -0.00213. The van der Waals surface area contributed by atoms with Gasteiger partial charge in [-0.3, -0.25) is 5.10 Å². The average molecular weight is 331 g/mol. The lowest BCUT2D eigenvalue weighted by Crippen LogP contribution is -2.31. The fourth-order valence-corrected chi connectivity index (χ4v) is 2.60. The number of rotatable bonds is 8. The zero-order valence-electron chi connectivity index (χ0n) is 15.0. The van der Waals surface area contributed by atoms with Crippen molar-refractivity contribution in [3.63, 3.8) is 0 Å². The largest absolute Gasteiger partial charge is 0.389 e. The standard InChI is InChI=1S/C19H29N3O2/c1-14(15-8-6-5-7-9-15)24-13-17(23)12-20-10-16-11-21-22-18(16)19(2,3)4/h5-9,11,14,17,20,23H,10,12-13H2,1-4H3,(H,21,22)/t14-,17+/m1/s1. The number of hydrogen-bond donors (Lipinski definition) is 3. The highest BCUT2D eigenvalue weighted by atomic mass is 16.5. The van der Waals surface area contributed by atoms with E-state index in [1.165, 1.54) is 0 Å². The van der Waals surface area contributed by atoms with Gasteiger partial charge in [-0.05, 0) is 12.5 Å². The van der Waals surface area contributed by atoms with Crippen molar-refractivity contribution in [1.29, 1.82) is 0 Å². The molecule has 5 heteroatoms. The van der Waals surface area contributed by atoms with Crippen LogP contribution in [0.1, 0.15) is 50.6 Å². The van der Waals surface area contributed by atoms with Crippen molar-refractivity contribution >= 4 is 0 Å². The van der Waals surface area contributed by atoms with Crippen LogP contribution in [0.25, 0.3) is 0 Å². The molecule has 0 amide bonds. The molecule has 132 valence electrons. The summed E-state index contributed by atoms with van der Waals surface area (Å²) < 4.78 is 5.75. The lowest BCUT2D eigenvalue weighted by atomic mass is 9.89. The molecule has 0 aliphatic heterocycles. The van der Waals surface area contributed by atoms with Crippen LogP contribution < -0.4 is 5.32 Å². The Morgan fingerprint density at radius 1 is 1.25 bits per heavy atom. The summed E-state index contributed by atoms with van der Waals surface area (Å²) in [4.78, 5) is 0. The van der Waals surface area contributed by atoms with E-state index >= 15 is 0 Å². The summed E-state index contributed by atoms with van der Waals surface area (Å²) in [6.45, 7) is 9.91. The van der Waals surface area contributed by atoms with E-state index in [-0.39, 0.29) is 11.5 Å². The molecule has 5 nitrogen and oxygen atoms in total. The fraction of sp³-hybridized carbons (Fsp3) is 0.526. The second-order valence-electron chi connectivity index (χ2n) is 7.19. The monoisotopic (exact) mass is 331 g/mol. The molecule has 3 N–H and O–H groups in total. The van der Waals surface area contributed by atoms with Crippen molar-refractivity contribution < 1.29 is 9.84 Å². The first kappa shape index (κ1) is 18.6. The molecule has 1 aromatic heterocycles. The van der Waals surface area contributed by atoms with Crippen LogP contribution >= 0.6 is 0 Å². The van der Waals surface area contributed by atoms with E-state index in [9.17, 15) is 5.11 Å². The number of nitrogens with zero attached hydrogens (tertiary/aromatic N) is 1. The molecule has 2 rings (SSSR count). The third-order valence-electron chi connectivity index (χ3n) is 3.97. The minimum Gasteiger partial charge on any atom is -0.389 e. The summed E-state index contributed by atoms with van der Waals surface area (Å²) in [5.41, 5.74) is 3.40. The van der Waals surface area contributed by atoms with Gasteiger partial charge in [0.05, 0.1) is 25.0 Å². The molecular formula is C19H29N3O2. The van der Waals surface area contributed by atoms with E-state index < -0.39 is 6.10 Å². The van der Waals surface area contributed by atoms with Gasteiger partial charge >= 0.3 is 0 Å². The van der Waals surface area contributed by atoms with E-state index in [1.54, 1.807) is 0 Å². The molecule has 0 aliphatic rings. The third-order valence-corrected chi connectivity index (χ3v) is 3.97. The molecule has 0 saturated carbocycles. The quantitative estimate of drug-likeness (QED) is 0.695. The van der Waals surface area contributed by atoms with E-state index in [1.807, 2.05) is 43.5 Å². The van der Waals surface area contributed by atoms with Crippen molar-refractivity contribution in [2.24, 2.45) is 0 Å². The maximum atomic E-state index is 10.1. The summed E-state index contributed by atoms with van der Waals surface area (Å²) in [6, 6.07) is 10.0. The minimum absolute atomic E-state index is 0.0257. The Balaban J connectivity index is 1.72. The molecule has 1 aromatic carbocycles. The zero-order chi connectivity index (χ0) is 17.6. The van der Waals surface area contributed by atoms with E-state index in [0.717, 1.165) is 16.8 Å². The Labute approximate surface area is 144 Å². The van der Waals surface area contributed by atoms with Crippen molar-refractivity contribution in [2.45, 2.75) is 51.9 Å². The molecule has 0 bridgehead atoms. The van der Waals surface area contributed by atoms with E-state index in [2.05, 4.69) is 36.3 Å². The summed E-state index contributed by atoms with van der Waals surface area (Å²) in [7, 11) is 0. The minimum atomic E-state index is -0.541. The molecule has 1 heterocycles. The molecule has 0 spiro atoms. The predicted octanol–water partition coefficient (Wildman–Crippen LogP) is 2.94. The summed E-state index contributed by atoms with van der Waals surface area (Å²) in [5.74, 6) is 0. The Bertz CT molecular complexity index is 605. The third kappa shape index (κ3) is 5.44. The van der Waals surface area contributed by atoms with Gasteiger partial charge in [-0.1, -0.05) is 51.1 Å². The zero-order valence-corrected chi connectivity index (χ0v) is 15.0. The topological polar surface area (TPSA) is 70.2 Å². The molecule has 2 aromatic rings. The lowest BCUT2D eigenvalue weighted by Gasteiger charge is -2.19. The van der Waals surface area contributed by atoms with Gasteiger partial charge in [-0.25, -0.2) is 0 Å². The van der Waals surface area contributed by atoms with Crippen molar-refractivity contribution in [1.82, 2.24) is 15.5 Å².